The minimum absolute atomic E-state index is 0.287. The fraction of sp³-hybridized carbons (Fsp3) is 0.538. The highest BCUT2D eigenvalue weighted by Gasteiger charge is 2.10. The number of hydrogen-bond donors (Lipinski definition) is 2. The van der Waals surface area contributed by atoms with Crippen LogP contribution in [0.3, 0.4) is 0 Å². The third kappa shape index (κ3) is 3.60. The molecule has 0 bridgehead atoms. The number of rotatable bonds is 5. The number of anilines is 2. The molecule has 0 aliphatic carbocycles. The molecule has 1 heterocycles. The van der Waals surface area contributed by atoms with Crippen molar-refractivity contribution in [2.75, 3.05) is 37.2 Å². The third-order valence-electron chi connectivity index (χ3n) is 3.18. The molecule has 0 spiro atoms. The van der Waals surface area contributed by atoms with Gasteiger partial charge in [-0.15, -0.1) is 0 Å². The molecule has 1 aromatic carbocycles. The first kappa shape index (κ1) is 12.2. The van der Waals surface area contributed by atoms with Crippen LogP contribution < -0.4 is 11.1 Å². The summed E-state index contributed by atoms with van der Waals surface area (Å²) in [7, 11) is 0. The van der Waals surface area contributed by atoms with Crippen LogP contribution in [0.15, 0.2) is 18.2 Å². The monoisotopic (exact) mass is 237 g/mol. The van der Waals surface area contributed by atoms with Crippen molar-refractivity contribution in [2.24, 2.45) is 0 Å². The predicted octanol–water partition coefficient (Wildman–Crippen LogP) is 2.31. The van der Waals surface area contributed by atoms with Crippen molar-refractivity contribution in [3.05, 3.63) is 24.0 Å². The summed E-state index contributed by atoms with van der Waals surface area (Å²) in [5.41, 5.74) is 7.02. The summed E-state index contributed by atoms with van der Waals surface area (Å²) in [6.07, 6.45) is 3.76. The molecular weight excluding hydrogens is 217 g/mol. The summed E-state index contributed by atoms with van der Waals surface area (Å²) in [6.45, 7) is 4.48. The van der Waals surface area contributed by atoms with E-state index in [1.165, 1.54) is 38.1 Å². The fourth-order valence-corrected chi connectivity index (χ4v) is 2.23. The maximum atomic E-state index is 12.8. The molecule has 1 fully saturated rings. The lowest BCUT2D eigenvalue weighted by Gasteiger charge is -2.15. The van der Waals surface area contributed by atoms with Crippen LogP contribution in [0.1, 0.15) is 19.3 Å². The number of nitrogen functional groups attached to an aromatic ring is 1. The molecule has 0 atom stereocenters. The van der Waals surface area contributed by atoms with E-state index < -0.39 is 0 Å². The van der Waals surface area contributed by atoms with Gasteiger partial charge in [0.2, 0.25) is 0 Å². The molecule has 0 saturated carbocycles. The molecule has 94 valence electrons. The Morgan fingerprint density at radius 2 is 2.06 bits per heavy atom. The van der Waals surface area contributed by atoms with Gasteiger partial charge in [-0.05, 0) is 57.1 Å². The molecule has 17 heavy (non-hydrogen) atoms. The summed E-state index contributed by atoms with van der Waals surface area (Å²) in [4.78, 5) is 2.48. The fourth-order valence-electron chi connectivity index (χ4n) is 2.23. The smallest absolute Gasteiger partial charge is 0.125 e. The van der Waals surface area contributed by atoms with Gasteiger partial charge in [0.15, 0.2) is 0 Å². The molecule has 1 aliphatic rings. The van der Waals surface area contributed by atoms with Crippen LogP contribution in [-0.4, -0.2) is 31.1 Å². The highest BCUT2D eigenvalue weighted by atomic mass is 19.1. The summed E-state index contributed by atoms with van der Waals surface area (Å²) < 4.78 is 12.8. The van der Waals surface area contributed by atoms with Crippen molar-refractivity contribution in [1.29, 1.82) is 0 Å². The van der Waals surface area contributed by atoms with Gasteiger partial charge in [-0.25, -0.2) is 4.39 Å². The topological polar surface area (TPSA) is 41.3 Å². The lowest BCUT2D eigenvalue weighted by Crippen LogP contribution is -2.22. The van der Waals surface area contributed by atoms with E-state index in [1.54, 1.807) is 6.07 Å². The Hall–Kier alpha value is -1.29. The average molecular weight is 237 g/mol. The van der Waals surface area contributed by atoms with E-state index >= 15 is 0 Å². The molecule has 0 unspecified atom stereocenters. The second-order valence-corrected chi connectivity index (χ2v) is 4.56. The number of likely N-dealkylation sites (tertiary alicyclic amines) is 1. The standard InChI is InChI=1S/C13H20FN3/c14-11-4-5-13(12(15)10-11)16-6-3-9-17-7-1-2-8-17/h4-5,10,16H,1-3,6-9,15H2. The van der Waals surface area contributed by atoms with Gasteiger partial charge >= 0.3 is 0 Å². The maximum Gasteiger partial charge on any atom is 0.125 e. The van der Waals surface area contributed by atoms with E-state index in [2.05, 4.69) is 10.2 Å². The molecule has 0 amide bonds. The van der Waals surface area contributed by atoms with Crippen LogP contribution in [0.4, 0.5) is 15.8 Å². The van der Waals surface area contributed by atoms with Crippen LogP contribution in [0, 0.1) is 5.82 Å². The van der Waals surface area contributed by atoms with Crippen molar-refractivity contribution in [3.8, 4) is 0 Å². The molecule has 4 heteroatoms. The third-order valence-corrected chi connectivity index (χ3v) is 3.18. The second-order valence-electron chi connectivity index (χ2n) is 4.56. The summed E-state index contributed by atoms with van der Waals surface area (Å²) in [6, 6.07) is 4.47. The highest BCUT2D eigenvalue weighted by molar-refractivity contribution is 5.65. The summed E-state index contributed by atoms with van der Waals surface area (Å²) in [5, 5.41) is 3.25. The SMILES string of the molecule is Nc1cc(F)ccc1NCCCN1CCCC1. The Kier molecular flexibility index (Phi) is 4.20. The minimum atomic E-state index is -0.287. The van der Waals surface area contributed by atoms with Gasteiger partial charge < -0.3 is 16.0 Å². The number of hydrogen-bond acceptors (Lipinski definition) is 3. The van der Waals surface area contributed by atoms with Gasteiger partial charge in [0.25, 0.3) is 0 Å². The Bertz CT molecular complexity index is 362. The largest absolute Gasteiger partial charge is 0.397 e. The number of nitrogens with one attached hydrogen (secondary N) is 1. The zero-order chi connectivity index (χ0) is 12.1. The van der Waals surface area contributed by atoms with Crippen molar-refractivity contribution < 1.29 is 4.39 Å². The van der Waals surface area contributed by atoms with Gasteiger partial charge in [0, 0.05) is 6.54 Å². The van der Waals surface area contributed by atoms with E-state index in [1.807, 2.05) is 0 Å². The van der Waals surface area contributed by atoms with Gasteiger partial charge in [0.1, 0.15) is 5.82 Å². The predicted molar refractivity (Wildman–Crippen MR) is 69.6 cm³/mol. The molecule has 2 rings (SSSR count). The van der Waals surface area contributed by atoms with E-state index in [0.717, 1.165) is 25.2 Å². The van der Waals surface area contributed by atoms with E-state index in [0.29, 0.717) is 5.69 Å². The molecule has 1 saturated heterocycles. The molecule has 0 aromatic heterocycles. The van der Waals surface area contributed by atoms with Crippen LogP contribution in [0.25, 0.3) is 0 Å². The van der Waals surface area contributed by atoms with Crippen molar-refractivity contribution in [1.82, 2.24) is 4.90 Å². The molecular formula is C13H20FN3. The molecule has 3 N–H and O–H groups in total. The van der Waals surface area contributed by atoms with E-state index in [4.69, 9.17) is 5.73 Å². The number of nitrogens with two attached hydrogens (primary N) is 1. The lowest BCUT2D eigenvalue weighted by molar-refractivity contribution is 0.337. The first-order valence-corrected chi connectivity index (χ1v) is 6.27. The quantitative estimate of drug-likeness (QED) is 0.610. The minimum Gasteiger partial charge on any atom is -0.397 e. The molecule has 1 aromatic rings. The normalized spacial score (nSPS) is 16.3. The van der Waals surface area contributed by atoms with Crippen molar-refractivity contribution in [3.63, 3.8) is 0 Å². The van der Waals surface area contributed by atoms with Crippen LogP contribution in [0.5, 0.6) is 0 Å². The first-order valence-electron chi connectivity index (χ1n) is 6.27. The zero-order valence-corrected chi connectivity index (χ0v) is 10.1. The number of benzene rings is 1. The molecule has 0 radical (unpaired) electrons. The Morgan fingerprint density at radius 1 is 1.29 bits per heavy atom. The van der Waals surface area contributed by atoms with E-state index in [-0.39, 0.29) is 5.82 Å². The first-order chi connectivity index (χ1) is 8.25. The van der Waals surface area contributed by atoms with Gasteiger partial charge in [-0.1, -0.05) is 0 Å². The van der Waals surface area contributed by atoms with Gasteiger partial charge in [-0.3, -0.25) is 0 Å². The zero-order valence-electron chi connectivity index (χ0n) is 10.1. The second kappa shape index (κ2) is 5.87. The Morgan fingerprint density at radius 3 is 2.76 bits per heavy atom. The summed E-state index contributed by atoms with van der Waals surface area (Å²) in [5.74, 6) is -0.287. The highest BCUT2D eigenvalue weighted by Crippen LogP contribution is 2.18. The number of nitrogens with zero attached hydrogens (tertiary/aromatic N) is 1. The Labute approximate surface area is 102 Å². The average Bonchev–Trinajstić information content (AvgIpc) is 2.79. The van der Waals surface area contributed by atoms with Crippen LogP contribution in [-0.2, 0) is 0 Å². The lowest BCUT2D eigenvalue weighted by atomic mass is 10.2. The Balaban J connectivity index is 1.70. The maximum absolute atomic E-state index is 12.8. The van der Waals surface area contributed by atoms with E-state index in [9.17, 15) is 4.39 Å². The summed E-state index contributed by atoms with van der Waals surface area (Å²) >= 11 is 0. The van der Waals surface area contributed by atoms with Gasteiger partial charge in [-0.2, -0.15) is 0 Å². The molecule has 1 aliphatic heterocycles. The number of halogens is 1. The van der Waals surface area contributed by atoms with Gasteiger partial charge in [0.05, 0.1) is 11.4 Å². The molecule has 3 nitrogen and oxygen atoms in total. The van der Waals surface area contributed by atoms with Crippen LogP contribution in [0.2, 0.25) is 0 Å². The van der Waals surface area contributed by atoms with Crippen LogP contribution >= 0.6 is 0 Å². The van der Waals surface area contributed by atoms with Crippen molar-refractivity contribution >= 4 is 11.4 Å². The van der Waals surface area contributed by atoms with Crippen molar-refractivity contribution in [2.45, 2.75) is 19.3 Å².